The summed E-state index contributed by atoms with van der Waals surface area (Å²) >= 11 is 0. The highest BCUT2D eigenvalue weighted by Gasteiger charge is 2.01. The molecule has 0 radical (unpaired) electrons. The van der Waals surface area contributed by atoms with Crippen molar-refractivity contribution in [1.82, 2.24) is 0 Å². The van der Waals surface area contributed by atoms with E-state index in [0.717, 1.165) is 11.1 Å². The van der Waals surface area contributed by atoms with E-state index in [-0.39, 0.29) is 0 Å². The highest BCUT2D eigenvalue weighted by molar-refractivity contribution is 5.69. The van der Waals surface area contributed by atoms with Crippen LogP contribution >= 0.6 is 0 Å². The summed E-state index contributed by atoms with van der Waals surface area (Å²) in [5.74, 6) is 0. The zero-order valence-electron chi connectivity index (χ0n) is 8.97. The van der Waals surface area contributed by atoms with E-state index in [1.54, 1.807) is 6.08 Å². The van der Waals surface area contributed by atoms with E-state index in [1.807, 2.05) is 43.3 Å². The van der Waals surface area contributed by atoms with Gasteiger partial charge < -0.3 is 0 Å². The maximum atomic E-state index is 10.1. The van der Waals surface area contributed by atoms with Gasteiger partial charge >= 0.3 is 0 Å². The predicted molar refractivity (Wildman–Crippen MR) is 64.4 cm³/mol. The van der Waals surface area contributed by atoms with Gasteiger partial charge in [-0.3, -0.25) is 0 Å². The zero-order valence-corrected chi connectivity index (χ0v) is 8.97. The number of benzene rings is 2. The van der Waals surface area contributed by atoms with Gasteiger partial charge in [0.25, 0.3) is 0 Å². The van der Waals surface area contributed by atoms with Crippen molar-refractivity contribution in [3.63, 3.8) is 0 Å². The second kappa shape index (κ2) is 4.56. The molecule has 0 N–H and O–H groups in total. The van der Waals surface area contributed by atoms with Crippen LogP contribution in [-0.2, 0) is 4.79 Å². The van der Waals surface area contributed by atoms with Crippen molar-refractivity contribution in [2.75, 3.05) is 0 Å². The second-order valence-corrected chi connectivity index (χ2v) is 3.57. The van der Waals surface area contributed by atoms with Crippen molar-refractivity contribution in [3.05, 3.63) is 54.1 Å². The van der Waals surface area contributed by atoms with Crippen molar-refractivity contribution in [3.8, 4) is 11.1 Å². The zero-order chi connectivity index (χ0) is 11.4. The molecule has 2 nitrogen and oxygen atoms in total. The van der Waals surface area contributed by atoms with E-state index >= 15 is 0 Å². The molecule has 0 spiro atoms. The number of nitrogens with zero attached hydrogens (tertiary/aromatic N) is 1. The summed E-state index contributed by atoms with van der Waals surface area (Å²) in [4.78, 5) is 13.7. The van der Waals surface area contributed by atoms with Gasteiger partial charge in [0, 0.05) is 0 Å². The molecule has 0 atom stereocenters. The average Bonchev–Trinajstić information content (AvgIpc) is 2.31. The van der Waals surface area contributed by atoms with E-state index in [2.05, 4.69) is 17.1 Å². The van der Waals surface area contributed by atoms with Crippen LogP contribution in [0.1, 0.15) is 5.56 Å². The lowest BCUT2D eigenvalue weighted by molar-refractivity contribution is 0.565. The number of isocyanates is 1. The molecule has 0 saturated heterocycles. The largest absolute Gasteiger partial charge is 0.240 e. The Labute approximate surface area is 94.3 Å². The van der Waals surface area contributed by atoms with Gasteiger partial charge in [0.2, 0.25) is 6.08 Å². The van der Waals surface area contributed by atoms with Crippen LogP contribution in [-0.4, -0.2) is 6.08 Å². The summed E-state index contributed by atoms with van der Waals surface area (Å²) in [6.07, 6.45) is 1.55. The van der Waals surface area contributed by atoms with Gasteiger partial charge in [0.1, 0.15) is 0 Å². The van der Waals surface area contributed by atoms with Crippen molar-refractivity contribution in [2.45, 2.75) is 6.92 Å². The van der Waals surface area contributed by atoms with Crippen molar-refractivity contribution >= 4 is 11.8 Å². The lowest BCUT2D eigenvalue weighted by atomic mass is 10.0. The van der Waals surface area contributed by atoms with Gasteiger partial charge in [0.05, 0.1) is 5.69 Å². The molecule has 2 aromatic rings. The molecule has 2 heteroatoms. The maximum absolute atomic E-state index is 10.1. The van der Waals surface area contributed by atoms with E-state index in [1.165, 1.54) is 5.56 Å². The van der Waals surface area contributed by atoms with Crippen LogP contribution in [0.15, 0.2) is 53.5 Å². The van der Waals surface area contributed by atoms with Crippen LogP contribution in [0.25, 0.3) is 11.1 Å². The number of hydrogen-bond donors (Lipinski definition) is 0. The molecule has 0 saturated carbocycles. The first-order valence-electron chi connectivity index (χ1n) is 5.05. The number of carbonyl (C=O) groups excluding carboxylic acids is 1. The number of rotatable bonds is 2. The number of hydrogen-bond acceptors (Lipinski definition) is 2. The summed E-state index contributed by atoms with van der Waals surface area (Å²) in [5, 5.41) is 0. The van der Waals surface area contributed by atoms with Crippen LogP contribution in [0, 0.1) is 6.92 Å². The second-order valence-electron chi connectivity index (χ2n) is 3.57. The van der Waals surface area contributed by atoms with E-state index in [4.69, 9.17) is 0 Å². The smallest absolute Gasteiger partial charge is 0.211 e. The van der Waals surface area contributed by atoms with Gasteiger partial charge in [-0.05, 0) is 35.7 Å². The van der Waals surface area contributed by atoms with Crippen LogP contribution < -0.4 is 0 Å². The molecule has 0 bridgehead atoms. The van der Waals surface area contributed by atoms with Gasteiger partial charge in [0.15, 0.2) is 0 Å². The quantitative estimate of drug-likeness (QED) is 0.548. The Morgan fingerprint density at radius 1 is 1.06 bits per heavy atom. The third kappa shape index (κ3) is 2.08. The molecule has 2 aromatic carbocycles. The molecule has 0 aliphatic carbocycles. The van der Waals surface area contributed by atoms with Crippen LogP contribution in [0.5, 0.6) is 0 Å². The highest BCUT2D eigenvalue weighted by Crippen LogP contribution is 2.26. The Hall–Kier alpha value is -2.18. The molecular weight excluding hydrogens is 198 g/mol. The fraction of sp³-hybridized carbons (Fsp3) is 0.0714. The molecule has 0 unspecified atom stereocenters. The molecule has 2 rings (SSSR count). The normalized spacial score (nSPS) is 9.56. The summed E-state index contributed by atoms with van der Waals surface area (Å²) < 4.78 is 0. The van der Waals surface area contributed by atoms with E-state index in [0.29, 0.717) is 5.69 Å². The summed E-state index contributed by atoms with van der Waals surface area (Å²) in [6, 6.07) is 15.8. The van der Waals surface area contributed by atoms with Gasteiger partial charge in [-0.2, -0.15) is 4.99 Å². The molecule has 0 heterocycles. The summed E-state index contributed by atoms with van der Waals surface area (Å²) in [6.45, 7) is 2.01. The highest BCUT2D eigenvalue weighted by atomic mass is 16.1. The first-order valence-corrected chi connectivity index (χ1v) is 5.05. The van der Waals surface area contributed by atoms with Crippen LogP contribution in [0.3, 0.4) is 0 Å². The van der Waals surface area contributed by atoms with Crippen molar-refractivity contribution in [2.24, 2.45) is 4.99 Å². The summed E-state index contributed by atoms with van der Waals surface area (Å²) in [7, 11) is 0. The predicted octanol–water partition coefficient (Wildman–Crippen LogP) is 3.63. The third-order valence-corrected chi connectivity index (χ3v) is 2.47. The standard InChI is InChI=1S/C14H11NO/c1-11-9-13(15-10-16)7-8-14(11)12-5-3-2-4-6-12/h2-9H,1H3. The van der Waals surface area contributed by atoms with Gasteiger partial charge in [-0.1, -0.05) is 36.4 Å². The van der Waals surface area contributed by atoms with Crippen molar-refractivity contribution < 1.29 is 4.79 Å². The minimum Gasteiger partial charge on any atom is -0.211 e. The SMILES string of the molecule is Cc1cc(N=C=O)ccc1-c1ccccc1. The monoisotopic (exact) mass is 209 g/mol. The molecule has 0 aliphatic heterocycles. The molecule has 0 aliphatic rings. The van der Waals surface area contributed by atoms with Gasteiger partial charge in [-0.25, -0.2) is 4.79 Å². The molecule has 0 amide bonds. The minimum atomic E-state index is 0.646. The minimum absolute atomic E-state index is 0.646. The average molecular weight is 209 g/mol. The number of aryl methyl sites for hydroxylation is 1. The lowest BCUT2D eigenvalue weighted by Crippen LogP contribution is -1.82. The molecule has 16 heavy (non-hydrogen) atoms. The fourth-order valence-corrected chi connectivity index (χ4v) is 1.71. The van der Waals surface area contributed by atoms with E-state index < -0.39 is 0 Å². The van der Waals surface area contributed by atoms with Gasteiger partial charge in [-0.15, -0.1) is 0 Å². The summed E-state index contributed by atoms with van der Waals surface area (Å²) in [5.41, 5.74) is 4.07. The molecule has 78 valence electrons. The van der Waals surface area contributed by atoms with Crippen LogP contribution in [0.4, 0.5) is 5.69 Å². The molecule has 0 aromatic heterocycles. The lowest BCUT2D eigenvalue weighted by Gasteiger charge is -2.05. The Balaban J connectivity index is 2.48. The molecular formula is C14H11NO. The Morgan fingerprint density at radius 3 is 2.44 bits per heavy atom. The first-order chi connectivity index (χ1) is 7.81. The third-order valence-electron chi connectivity index (χ3n) is 2.47. The maximum Gasteiger partial charge on any atom is 0.240 e. The Bertz CT molecular complexity index is 540. The molecule has 0 fully saturated rings. The van der Waals surface area contributed by atoms with E-state index in [9.17, 15) is 4.79 Å². The fourth-order valence-electron chi connectivity index (χ4n) is 1.71. The topological polar surface area (TPSA) is 29.4 Å². The Morgan fingerprint density at radius 2 is 1.81 bits per heavy atom. The van der Waals surface area contributed by atoms with Crippen molar-refractivity contribution in [1.29, 1.82) is 0 Å². The van der Waals surface area contributed by atoms with Crippen LogP contribution in [0.2, 0.25) is 0 Å². The first kappa shape index (κ1) is 10.3. The Kier molecular flexibility index (Phi) is 2.95. The number of aliphatic imine (C=N–C) groups is 1.